The molecule has 1 aromatic carbocycles. The molecular weight excluding hydrogens is 329 g/mol. The molecule has 0 saturated carbocycles. The van der Waals surface area contributed by atoms with Crippen LogP contribution in [0, 0.1) is 11.7 Å². The van der Waals surface area contributed by atoms with E-state index in [0.717, 1.165) is 6.42 Å². The average Bonchev–Trinajstić information content (AvgIpc) is 2.90. The number of anilines is 1. The van der Waals surface area contributed by atoms with Gasteiger partial charge in [-0.1, -0.05) is 5.16 Å². The maximum Gasteiger partial charge on any atom is 0.171 e. The lowest BCUT2D eigenvalue weighted by Gasteiger charge is -2.21. The zero-order chi connectivity index (χ0) is 14.9. The van der Waals surface area contributed by atoms with E-state index in [1.54, 1.807) is 19.1 Å². The van der Waals surface area contributed by atoms with E-state index in [9.17, 15) is 9.50 Å². The Morgan fingerprint density at radius 1 is 1.60 bits per heavy atom. The Bertz CT molecular complexity index is 537. The van der Waals surface area contributed by atoms with Crippen molar-refractivity contribution in [2.24, 2.45) is 16.8 Å². The average molecular weight is 346 g/mol. The topological polar surface area (TPSA) is 82.1 Å². The summed E-state index contributed by atoms with van der Waals surface area (Å²) in [5.41, 5.74) is 6.24. The van der Waals surface area contributed by atoms with E-state index in [4.69, 9.17) is 10.9 Å². The summed E-state index contributed by atoms with van der Waals surface area (Å²) in [6, 6.07) is 3.21. The summed E-state index contributed by atoms with van der Waals surface area (Å²) in [5.74, 6) is -0.442. The van der Waals surface area contributed by atoms with Crippen LogP contribution in [0.2, 0.25) is 0 Å². The molecule has 0 radical (unpaired) electrons. The maximum atomic E-state index is 14.4. The number of oxime groups is 1. The van der Waals surface area contributed by atoms with Gasteiger partial charge in [0.15, 0.2) is 11.7 Å². The number of benzene rings is 1. The SMILES string of the molecule is CC(O)C1CCN(c2ccc(/C(N)=N/O)c(Br)c2F)C1. The highest BCUT2D eigenvalue weighted by molar-refractivity contribution is 9.10. The first-order valence-electron chi connectivity index (χ1n) is 6.34. The third-order valence-corrected chi connectivity index (χ3v) is 4.47. The number of hydrogen-bond acceptors (Lipinski definition) is 4. The van der Waals surface area contributed by atoms with E-state index in [1.807, 2.05) is 4.90 Å². The third-order valence-electron chi connectivity index (χ3n) is 3.69. The Labute approximate surface area is 125 Å². The van der Waals surface area contributed by atoms with Gasteiger partial charge in [0.05, 0.1) is 16.3 Å². The molecule has 0 spiro atoms. The summed E-state index contributed by atoms with van der Waals surface area (Å²) < 4.78 is 14.6. The quantitative estimate of drug-likeness (QED) is 0.338. The predicted molar refractivity (Wildman–Crippen MR) is 78.6 cm³/mol. The Hall–Kier alpha value is -1.34. The van der Waals surface area contributed by atoms with Gasteiger partial charge in [0, 0.05) is 24.6 Å². The van der Waals surface area contributed by atoms with E-state index in [0.29, 0.717) is 24.3 Å². The number of nitrogens with two attached hydrogens (primary N) is 1. The molecule has 2 atom stereocenters. The lowest BCUT2D eigenvalue weighted by molar-refractivity contribution is 0.136. The molecule has 1 aromatic rings. The van der Waals surface area contributed by atoms with Gasteiger partial charge < -0.3 is 20.9 Å². The number of aliphatic hydroxyl groups is 1. The number of amidine groups is 1. The van der Waals surface area contributed by atoms with Gasteiger partial charge in [0.2, 0.25) is 0 Å². The van der Waals surface area contributed by atoms with Crippen molar-refractivity contribution in [3.63, 3.8) is 0 Å². The summed E-state index contributed by atoms with van der Waals surface area (Å²) >= 11 is 3.14. The molecule has 1 saturated heterocycles. The van der Waals surface area contributed by atoms with Gasteiger partial charge in [-0.2, -0.15) is 0 Å². The van der Waals surface area contributed by atoms with Crippen LogP contribution in [0.25, 0.3) is 0 Å². The Kier molecular flexibility index (Phi) is 4.49. The van der Waals surface area contributed by atoms with Crippen LogP contribution in [0.3, 0.4) is 0 Å². The highest BCUT2D eigenvalue weighted by Crippen LogP contribution is 2.33. The standard InChI is InChI=1S/C13H17BrFN3O2/c1-7(19)8-4-5-18(6-8)10-3-2-9(13(16)17-20)11(14)12(10)15/h2-3,7-8,19-20H,4-6H2,1H3,(H2,16,17). The lowest BCUT2D eigenvalue weighted by atomic mass is 10.0. The van der Waals surface area contributed by atoms with Gasteiger partial charge in [0.1, 0.15) is 0 Å². The molecule has 110 valence electrons. The highest BCUT2D eigenvalue weighted by Gasteiger charge is 2.28. The van der Waals surface area contributed by atoms with Gasteiger partial charge in [-0.15, -0.1) is 0 Å². The van der Waals surface area contributed by atoms with Gasteiger partial charge in [-0.25, -0.2) is 4.39 Å². The van der Waals surface area contributed by atoms with Crippen LogP contribution in [0.4, 0.5) is 10.1 Å². The van der Waals surface area contributed by atoms with Crippen molar-refractivity contribution in [3.8, 4) is 0 Å². The van der Waals surface area contributed by atoms with Gasteiger partial charge >= 0.3 is 0 Å². The fourth-order valence-electron chi connectivity index (χ4n) is 2.44. The number of aliphatic hydroxyl groups excluding tert-OH is 1. The largest absolute Gasteiger partial charge is 0.409 e. The van der Waals surface area contributed by atoms with Crippen LogP contribution in [0.5, 0.6) is 0 Å². The fourth-order valence-corrected chi connectivity index (χ4v) is 2.97. The van der Waals surface area contributed by atoms with Crippen LogP contribution in [0.1, 0.15) is 18.9 Å². The molecule has 0 bridgehead atoms. The fraction of sp³-hybridized carbons (Fsp3) is 0.462. The number of rotatable bonds is 3. The van der Waals surface area contributed by atoms with Crippen molar-refractivity contribution in [1.82, 2.24) is 0 Å². The van der Waals surface area contributed by atoms with E-state index < -0.39 is 11.9 Å². The molecule has 20 heavy (non-hydrogen) atoms. The van der Waals surface area contributed by atoms with E-state index in [1.165, 1.54) is 0 Å². The monoisotopic (exact) mass is 345 g/mol. The summed E-state index contributed by atoms with van der Waals surface area (Å²) in [6.45, 7) is 3.06. The normalized spacial score (nSPS) is 21.3. The summed E-state index contributed by atoms with van der Waals surface area (Å²) in [5, 5.41) is 21.1. The van der Waals surface area contributed by atoms with Gasteiger partial charge in [0.25, 0.3) is 0 Å². The summed E-state index contributed by atoms with van der Waals surface area (Å²) in [4.78, 5) is 1.90. The molecular formula is C13H17BrFN3O2. The number of halogens is 2. The molecule has 5 nitrogen and oxygen atoms in total. The molecule has 2 unspecified atom stereocenters. The van der Waals surface area contributed by atoms with E-state index in [2.05, 4.69) is 21.1 Å². The smallest absolute Gasteiger partial charge is 0.171 e. The minimum atomic E-state index is -0.444. The van der Waals surface area contributed by atoms with Crippen molar-refractivity contribution < 1.29 is 14.7 Å². The summed E-state index contributed by atoms with van der Waals surface area (Å²) in [6.07, 6.45) is 0.430. The Morgan fingerprint density at radius 2 is 2.30 bits per heavy atom. The van der Waals surface area contributed by atoms with Crippen molar-refractivity contribution in [2.75, 3.05) is 18.0 Å². The molecule has 1 aliphatic rings. The second-order valence-corrected chi connectivity index (χ2v) is 5.77. The van der Waals surface area contributed by atoms with E-state index >= 15 is 0 Å². The molecule has 1 aliphatic heterocycles. The van der Waals surface area contributed by atoms with Crippen LogP contribution in [-0.2, 0) is 0 Å². The van der Waals surface area contributed by atoms with E-state index in [-0.39, 0.29) is 16.2 Å². The highest BCUT2D eigenvalue weighted by atomic mass is 79.9. The van der Waals surface area contributed by atoms with Crippen LogP contribution in [-0.4, -0.2) is 35.3 Å². The third kappa shape index (κ3) is 2.73. The predicted octanol–water partition coefficient (Wildman–Crippen LogP) is 1.89. The molecule has 1 heterocycles. The minimum Gasteiger partial charge on any atom is -0.409 e. The Balaban J connectivity index is 2.29. The van der Waals surface area contributed by atoms with Crippen molar-refractivity contribution in [1.29, 1.82) is 0 Å². The first-order valence-corrected chi connectivity index (χ1v) is 7.14. The molecule has 1 fully saturated rings. The van der Waals surface area contributed by atoms with Crippen LogP contribution < -0.4 is 10.6 Å². The molecule has 0 aromatic heterocycles. The van der Waals surface area contributed by atoms with Gasteiger partial charge in [-0.05, 0) is 41.4 Å². The second kappa shape index (κ2) is 5.97. The van der Waals surface area contributed by atoms with Crippen molar-refractivity contribution >= 4 is 27.5 Å². The minimum absolute atomic E-state index is 0.148. The number of nitrogens with zero attached hydrogens (tertiary/aromatic N) is 2. The van der Waals surface area contributed by atoms with Crippen LogP contribution in [0.15, 0.2) is 21.8 Å². The van der Waals surface area contributed by atoms with Crippen molar-refractivity contribution in [3.05, 3.63) is 28.0 Å². The van der Waals surface area contributed by atoms with Crippen LogP contribution >= 0.6 is 15.9 Å². The maximum absolute atomic E-state index is 14.4. The second-order valence-electron chi connectivity index (χ2n) is 4.98. The molecule has 0 amide bonds. The lowest BCUT2D eigenvalue weighted by Crippen LogP contribution is -2.25. The molecule has 2 rings (SSSR count). The number of hydrogen-bond donors (Lipinski definition) is 3. The Morgan fingerprint density at radius 3 is 2.85 bits per heavy atom. The summed E-state index contributed by atoms with van der Waals surface area (Å²) in [7, 11) is 0. The molecule has 0 aliphatic carbocycles. The van der Waals surface area contributed by atoms with Gasteiger partial charge in [-0.3, -0.25) is 0 Å². The first kappa shape index (κ1) is 15.1. The molecule has 4 N–H and O–H groups in total. The zero-order valence-corrected chi connectivity index (χ0v) is 12.6. The molecule has 7 heteroatoms. The first-order chi connectivity index (χ1) is 9.45. The van der Waals surface area contributed by atoms with Crippen molar-refractivity contribution in [2.45, 2.75) is 19.4 Å². The zero-order valence-electron chi connectivity index (χ0n) is 11.1.